The lowest BCUT2D eigenvalue weighted by Gasteiger charge is -2.03. The fraction of sp³-hybridized carbons (Fsp3) is 0.500. The second kappa shape index (κ2) is 3.67. The quantitative estimate of drug-likeness (QED) is 0.377. The van der Waals surface area contributed by atoms with Crippen molar-refractivity contribution in [3.05, 3.63) is 12.2 Å². The fourth-order valence-electron chi connectivity index (χ4n) is 0.293. The van der Waals surface area contributed by atoms with Crippen molar-refractivity contribution in [2.45, 2.75) is 11.8 Å². The Bertz CT molecular complexity index is 129. The molecule has 0 spiro atoms. The molecule has 0 aromatic carbocycles. The minimum atomic E-state index is -0.362. The Morgan fingerprint density at radius 3 is 2.33 bits per heavy atom. The molecular formula is C6H9BrO2. The van der Waals surface area contributed by atoms with Crippen molar-refractivity contribution >= 4 is 21.9 Å². The van der Waals surface area contributed by atoms with Crippen LogP contribution in [0.15, 0.2) is 12.2 Å². The molecule has 0 fully saturated rings. The molecule has 0 N–H and O–H groups in total. The summed E-state index contributed by atoms with van der Waals surface area (Å²) in [6.45, 7) is 5.32. The normalized spacial score (nSPS) is 12.3. The Hall–Kier alpha value is -0.310. The van der Waals surface area contributed by atoms with Gasteiger partial charge in [-0.05, 0) is 6.92 Å². The molecule has 0 aliphatic rings. The highest BCUT2D eigenvalue weighted by Gasteiger charge is 2.10. The Kier molecular flexibility index (Phi) is 3.54. The van der Waals surface area contributed by atoms with Gasteiger partial charge in [-0.1, -0.05) is 22.5 Å². The van der Waals surface area contributed by atoms with Gasteiger partial charge in [-0.25, -0.2) is 4.79 Å². The van der Waals surface area contributed by atoms with E-state index >= 15 is 0 Å². The van der Waals surface area contributed by atoms with E-state index in [0.717, 1.165) is 0 Å². The fourth-order valence-corrected chi connectivity index (χ4v) is 0.480. The number of rotatable bonds is 2. The number of esters is 1. The molecule has 0 rings (SSSR count). The molecule has 0 aromatic rings. The molecular weight excluding hydrogens is 184 g/mol. The highest BCUT2D eigenvalue weighted by Crippen LogP contribution is 2.09. The molecule has 0 radical (unpaired) electrons. The maximum absolute atomic E-state index is 10.6. The lowest BCUT2D eigenvalue weighted by Crippen LogP contribution is -2.09. The van der Waals surface area contributed by atoms with E-state index in [2.05, 4.69) is 27.2 Å². The molecule has 9 heavy (non-hydrogen) atoms. The van der Waals surface area contributed by atoms with Crippen LogP contribution in [0.3, 0.4) is 0 Å². The molecule has 0 heterocycles. The summed E-state index contributed by atoms with van der Waals surface area (Å²) >= 11 is 3.18. The van der Waals surface area contributed by atoms with Gasteiger partial charge in [-0.15, -0.1) is 0 Å². The van der Waals surface area contributed by atoms with Gasteiger partial charge >= 0.3 is 5.97 Å². The zero-order valence-corrected chi connectivity index (χ0v) is 7.06. The molecule has 0 saturated carbocycles. The Morgan fingerprint density at radius 1 is 1.78 bits per heavy atom. The lowest BCUT2D eigenvalue weighted by atomic mass is 10.2. The first-order valence-corrected chi connectivity index (χ1v) is 3.42. The topological polar surface area (TPSA) is 26.3 Å². The molecule has 1 unspecified atom stereocenters. The van der Waals surface area contributed by atoms with E-state index in [4.69, 9.17) is 0 Å². The van der Waals surface area contributed by atoms with Crippen molar-refractivity contribution in [1.82, 2.24) is 0 Å². The van der Waals surface area contributed by atoms with Gasteiger partial charge in [-0.3, -0.25) is 0 Å². The molecule has 1 atom stereocenters. The van der Waals surface area contributed by atoms with Crippen LogP contribution in [-0.4, -0.2) is 17.9 Å². The average molecular weight is 193 g/mol. The molecule has 0 aromatic heterocycles. The van der Waals surface area contributed by atoms with E-state index in [-0.39, 0.29) is 10.8 Å². The predicted octanol–water partition coefficient (Wildman–Crippen LogP) is 1.50. The van der Waals surface area contributed by atoms with E-state index in [0.29, 0.717) is 5.57 Å². The van der Waals surface area contributed by atoms with E-state index in [1.807, 2.05) is 6.92 Å². The van der Waals surface area contributed by atoms with Gasteiger partial charge < -0.3 is 4.74 Å². The van der Waals surface area contributed by atoms with Gasteiger partial charge in [0, 0.05) is 10.4 Å². The van der Waals surface area contributed by atoms with Crippen molar-refractivity contribution in [2.75, 3.05) is 7.11 Å². The number of halogens is 1. The summed E-state index contributed by atoms with van der Waals surface area (Å²) in [6.07, 6.45) is 0. The first-order chi connectivity index (χ1) is 4.09. The highest BCUT2D eigenvalue weighted by molar-refractivity contribution is 9.09. The van der Waals surface area contributed by atoms with Crippen molar-refractivity contribution in [3.63, 3.8) is 0 Å². The summed E-state index contributed by atoms with van der Waals surface area (Å²) in [5.74, 6) is -0.362. The standard InChI is InChI=1S/C6H9BrO2/c1-4(5(2)7)6(8)9-3/h5H,1H2,2-3H3. The van der Waals surface area contributed by atoms with Gasteiger partial charge in [0.15, 0.2) is 0 Å². The molecule has 0 bridgehead atoms. The molecule has 0 aliphatic carbocycles. The first kappa shape index (κ1) is 8.69. The Labute approximate surface area is 63.0 Å². The van der Waals surface area contributed by atoms with Crippen molar-refractivity contribution in [3.8, 4) is 0 Å². The van der Waals surface area contributed by atoms with Gasteiger partial charge in [-0.2, -0.15) is 0 Å². The van der Waals surface area contributed by atoms with Crippen LogP contribution in [0.25, 0.3) is 0 Å². The summed E-state index contributed by atoms with van der Waals surface area (Å²) in [6, 6.07) is 0. The van der Waals surface area contributed by atoms with E-state index < -0.39 is 0 Å². The van der Waals surface area contributed by atoms with Crippen molar-refractivity contribution < 1.29 is 9.53 Å². The van der Waals surface area contributed by atoms with Crippen molar-refractivity contribution in [1.29, 1.82) is 0 Å². The third-order valence-electron chi connectivity index (χ3n) is 0.928. The number of carbonyl (C=O) groups excluding carboxylic acids is 1. The van der Waals surface area contributed by atoms with Gasteiger partial charge in [0.1, 0.15) is 0 Å². The third-order valence-corrected chi connectivity index (χ3v) is 1.48. The molecule has 0 amide bonds. The number of alkyl halides is 1. The predicted molar refractivity (Wildman–Crippen MR) is 39.5 cm³/mol. The van der Waals surface area contributed by atoms with Crippen LogP contribution >= 0.6 is 15.9 Å². The second-order valence-electron chi connectivity index (χ2n) is 1.63. The number of ether oxygens (including phenoxy) is 1. The SMILES string of the molecule is C=C(C(=O)OC)C(C)Br. The van der Waals surface area contributed by atoms with Crippen LogP contribution in [0.1, 0.15) is 6.92 Å². The Morgan fingerprint density at radius 2 is 2.22 bits per heavy atom. The van der Waals surface area contributed by atoms with Crippen LogP contribution in [-0.2, 0) is 9.53 Å². The molecule has 3 heteroatoms. The summed E-state index contributed by atoms with van der Waals surface area (Å²) < 4.78 is 4.40. The summed E-state index contributed by atoms with van der Waals surface area (Å²) in [7, 11) is 1.34. The lowest BCUT2D eigenvalue weighted by molar-refractivity contribution is -0.136. The molecule has 2 nitrogen and oxygen atoms in total. The monoisotopic (exact) mass is 192 g/mol. The van der Waals surface area contributed by atoms with E-state index in [1.165, 1.54) is 7.11 Å². The number of methoxy groups -OCH3 is 1. The van der Waals surface area contributed by atoms with Gasteiger partial charge in [0.2, 0.25) is 0 Å². The zero-order valence-electron chi connectivity index (χ0n) is 5.48. The van der Waals surface area contributed by atoms with Crippen molar-refractivity contribution in [2.24, 2.45) is 0 Å². The average Bonchev–Trinajstić information content (AvgIpc) is 1.84. The maximum atomic E-state index is 10.6. The van der Waals surface area contributed by atoms with Crippen LogP contribution in [0.5, 0.6) is 0 Å². The second-order valence-corrected chi connectivity index (χ2v) is 3.01. The maximum Gasteiger partial charge on any atom is 0.334 e. The van der Waals surface area contributed by atoms with Gasteiger partial charge in [0.25, 0.3) is 0 Å². The van der Waals surface area contributed by atoms with Gasteiger partial charge in [0.05, 0.1) is 7.11 Å². The summed E-state index contributed by atoms with van der Waals surface area (Å²) in [4.78, 5) is 10.6. The summed E-state index contributed by atoms with van der Waals surface area (Å²) in [5, 5.41) is 0. The van der Waals surface area contributed by atoms with Crippen LogP contribution in [0, 0.1) is 0 Å². The van der Waals surface area contributed by atoms with Crippen LogP contribution in [0.2, 0.25) is 0 Å². The number of carbonyl (C=O) groups is 1. The van der Waals surface area contributed by atoms with E-state index in [1.54, 1.807) is 0 Å². The molecule has 0 saturated heterocycles. The number of hydrogen-bond donors (Lipinski definition) is 0. The molecule has 52 valence electrons. The Balaban J connectivity index is 3.89. The minimum Gasteiger partial charge on any atom is -0.466 e. The van der Waals surface area contributed by atoms with E-state index in [9.17, 15) is 4.79 Å². The first-order valence-electron chi connectivity index (χ1n) is 2.50. The number of hydrogen-bond acceptors (Lipinski definition) is 2. The van der Waals surface area contributed by atoms with Crippen LogP contribution in [0.4, 0.5) is 0 Å². The summed E-state index contributed by atoms with van der Waals surface area (Å²) in [5.41, 5.74) is 0.442. The highest BCUT2D eigenvalue weighted by atomic mass is 79.9. The minimum absolute atomic E-state index is 0.00931. The zero-order chi connectivity index (χ0) is 7.44. The largest absolute Gasteiger partial charge is 0.466 e. The smallest absolute Gasteiger partial charge is 0.334 e. The van der Waals surface area contributed by atoms with Crippen LogP contribution < -0.4 is 0 Å². The third kappa shape index (κ3) is 2.65. The molecule has 0 aliphatic heterocycles.